The van der Waals surface area contributed by atoms with Crippen molar-refractivity contribution in [2.24, 2.45) is 5.73 Å². The lowest BCUT2D eigenvalue weighted by molar-refractivity contribution is -0.129. The number of nitrogens with zero attached hydrogens (tertiary/aromatic N) is 3. The second kappa shape index (κ2) is 4.25. The van der Waals surface area contributed by atoms with Gasteiger partial charge in [-0.3, -0.25) is 4.79 Å². The minimum Gasteiger partial charge on any atom is -0.344 e. The van der Waals surface area contributed by atoms with E-state index in [2.05, 4.69) is 4.98 Å². The molecule has 1 aromatic rings. The Morgan fingerprint density at radius 1 is 1.69 bits per heavy atom. The Kier molecular flexibility index (Phi) is 2.96. The molecule has 2 N–H and O–H groups in total. The summed E-state index contributed by atoms with van der Waals surface area (Å²) in [6.07, 6.45) is 5.17. The number of imidazole rings is 1. The molecule has 0 bridgehead atoms. The second-order valence-corrected chi connectivity index (χ2v) is 4.30. The maximum Gasteiger partial charge on any atom is 0.245 e. The van der Waals surface area contributed by atoms with Crippen molar-refractivity contribution in [3.05, 3.63) is 18.2 Å². The highest BCUT2D eigenvalue weighted by molar-refractivity contribution is 5.82. The van der Waals surface area contributed by atoms with Crippen LogP contribution in [-0.2, 0) is 4.79 Å². The van der Waals surface area contributed by atoms with Gasteiger partial charge in [0.2, 0.25) is 5.91 Å². The van der Waals surface area contributed by atoms with Gasteiger partial charge in [0.05, 0.1) is 12.0 Å². The minimum absolute atomic E-state index is 0.0405. The number of hydrogen-bond acceptors (Lipinski definition) is 3. The average Bonchev–Trinajstić information content (AvgIpc) is 2.86. The molecule has 2 atom stereocenters. The summed E-state index contributed by atoms with van der Waals surface area (Å²) in [5.74, 6) is 0.155. The van der Waals surface area contributed by atoms with Crippen molar-refractivity contribution < 1.29 is 4.79 Å². The quantitative estimate of drug-likeness (QED) is 0.818. The predicted molar refractivity (Wildman–Crippen MR) is 60.7 cm³/mol. The highest BCUT2D eigenvalue weighted by atomic mass is 16.2. The first-order valence-corrected chi connectivity index (χ1v) is 5.67. The van der Waals surface area contributed by atoms with Crippen LogP contribution in [0.3, 0.4) is 0 Å². The number of rotatable bonds is 3. The van der Waals surface area contributed by atoms with Gasteiger partial charge < -0.3 is 15.2 Å². The molecule has 16 heavy (non-hydrogen) atoms. The lowest BCUT2D eigenvalue weighted by Crippen LogP contribution is -2.26. The van der Waals surface area contributed by atoms with Crippen molar-refractivity contribution in [2.75, 3.05) is 13.6 Å². The van der Waals surface area contributed by atoms with Crippen LogP contribution in [0.2, 0.25) is 0 Å². The summed E-state index contributed by atoms with van der Waals surface area (Å²) in [5.41, 5.74) is 6.96. The Morgan fingerprint density at radius 3 is 3.00 bits per heavy atom. The standard InChI is InChI=1S/C11H18N4O/c1-3-8(12)10-6-13-7-15(10)9-4-5-14(2)11(9)16/h6-9H,3-5,12H2,1-2H3/t8-,9?/m1/s1. The van der Waals surface area contributed by atoms with Gasteiger partial charge >= 0.3 is 0 Å². The van der Waals surface area contributed by atoms with Crippen LogP contribution in [0.1, 0.15) is 37.5 Å². The van der Waals surface area contributed by atoms with Gasteiger partial charge in [0, 0.05) is 25.8 Å². The molecule has 0 radical (unpaired) electrons. The molecule has 1 aliphatic rings. The lowest BCUT2D eigenvalue weighted by Gasteiger charge is -2.17. The van der Waals surface area contributed by atoms with E-state index in [4.69, 9.17) is 5.73 Å². The molecule has 0 aliphatic carbocycles. The Bertz CT molecular complexity index is 387. The first-order valence-electron chi connectivity index (χ1n) is 5.67. The molecule has 0 saturated carbocycles. The summed E-state index contributed by atoms with van der Waals surface area (Å²) in [6.45, 7) is 2.84. The maximum atomic E-state index is 11.9. The van der Waals surface area contributed by atoms with Gasteiger partial charge in [-0.05, 0) is 12.8 Å². The van der Waals surface area contributed by atoms with E-state index in [0.717, 1.165) is 25.1 Å². The van der Waals surface area contributed by atoms with Crippen molar-refractivity contribution in [2.45, 2.75) is 31.8 Å². The SMILES string of the molecule is CC[C@@H](N)c1cncn1C1CCN(C)C1=O. The summed E-state index contributed by atoms with van der Waals surface area (Å²) in [7, 11) is 1.83. The Hall–Kier alpha value is -1.36. The molecule has 2 heterocycles. The van der Waals surface area contributed by atoms with Gasteiger partial charge in [-0.25, -0.2) is 4.98 Å². The monoisotopic (exact) mass is 222 g/mol. The van der Waals surface area contributed by atoms with Crippen LogP contribution in [0.15, 0.2) is 12.5 Å². The molecule has 5 heteroatoms. The van der Waals surface area contributed by atoms with Crippen molar-refractivity contribution in [3.8, 4) is 0 Å². The van der Waals surface area contributed by atoms with Crippen LogP contribution < -0.4 is 5.73 Å². The number of nitrogens with two attached hydrogens (primary N) is 1. The normalized spacial score (nSPS) is 22.8. The summed E-state index contributed by atoms with van der Waals surface area (Å²) >= 11 is 0. The lowest BCUT2D eigenvalue weighted by atomic mass is 10.1. The van der Waals surface area contributed by atoms with E-state index in [-0.39, 0.29) is 18.0 Å². The van der Waals surface area contributed by atoms with Gasteiger partial charge in [0.1, 0.15) is 6.04 Å². The molecular weight excluding hydrogens is 204 g/mol. The fourth-order valence-corrected chi connectivity index (χ4v) is 2.13. The van der Waals surface area contributed by atoms with E-state index >= 15 is 0 Å². The summed E-state index contributed by atoms with van der Waals surface area (Å²) < 4.78 is 1.93. The van der Waals surface area contributed by atoms with E-state index in [1.807, 2.05) is 18.5 Å². The first-order chi connectivity index (χ1) is 7.65. The molecule has 88 valence electrons. The third kappa shape index (κ3) is 1.71. The molecule has 1 fully saturated rings. The average molecular weight is 222 g/mol. The minimum atomic E-state index is -0.111. The topological polar surface area (TPSA) is 64.2 Å². The smallest absolute Gasteiger partial charge is 0.245 e. The van der Waals surface area contributed by atoms with E-state index < -0.39 is 0 Å². The number of amides is 1. The van der Waals surface area contributed by atoms with Gasteiger partial charge in [0.25, 0.3) is 0 Å². The third-order valence-corrected chi connectivity index (χ3v) is 3.25. The van der Waals surface area contributed by atoms with E-state index in [9.17, 15) is 4.79 Å². The largest absolute Gasteiger partial charge is 0.344 e. The van der Waals surface area contributed by atoms with E-state index in [0.29, 0.717) is 0 Å². The number of likely N-dealkylation sites (N-methyl/N-ethyl adjacent to an activating group) is 1. The molecule has 5 nitrogen and oxygen atoms in total. The van der Waals surface area contributed by atoms with Crippen LogP contribution in [0.25, 0.3) is 0 Å². The molecule has 1 aliphatic heterocycles. The zero-order valence-electron chi connectivity index (χ0n) is 9.76. The molecule has 0 aromatic carbocycles. The van der Waals surface area contributed by atoms with Crippen molar-refractivity contribution >= 4 is 5.91 Å². The molecule has 1 aromatic heterocycles. The van der Waals surface area contributed by atoms with Gasteiger partial charge in [-0.15, -0.1) is 0 Å². The molecular formula is C11H18N4O. The van der Waals surface area contributed by atoms with Crippen molar-refractivity contribution in [1.29, 1.82) is 0 Å². The Labute approximate surface area is 95.2 Å². The Morgan fingerprint density at radius 2 is 2.44 bits per heavy atom. The Balaban J connectivity index is 2.27. The number of aromatic nitrogens is 2. The fraction of sp³-hybridized carbons (Fsp3) is 0.636. The van der Waals surface area contributed by atoms with Crippen LogP contribution in [-0.4, -0.2) is 34.0 Å². The number of likely N-dealkylation sites (tertiary alicyclic amines) is 1. The highest BCUT2D eigenvalue weighted by Gasteiger charge is 2.32. The number of carbonyl (C=O) groups is 1. The number of hydrogen-bond donors (Lipinski definition) is 1. The molecule has 2 rings (SSSR count). The summed E-state index contributed by atoms with van der Waals surface area (Å²) in [5, 5.41) is 0. The van der Waals surface area contributed by atoms with Crippen LogP contribution in [0, 0.1) is 0 Å². The third-order valence-electron chi connectivity index (χ3n) is 3.25. The zero-order valence-corrected chi connectivity index (χ0v) is 9.76. The van der Waals surface area contributed by atoms with Crippen LogP contribution in [0.4, 0.5) is 0 Å². The summed E-state index contributed by atoms with van der Waals surface area (Å²) in [4.78, 5) is 17.8. The predicted octanol–water partition coefficient (Wildman–Crippen LogP) is 0.696. The van der Waals surface area contributed by atoms with E-state index in [1.54, 1.807) is 17.4 Å². The summed E-state index contributed by atoms with van der Waals surface area (Å²) in [6, 6.07) is -0.152. The van der Waals surface area contributed by atoms with Crippen molar-refractivity contribution in [3.63, 3.8) is 0 Å². The molecule has 1 unspecified atom stereocenters. The van der Waals surface area contributed by atoms with Gasteiger partial charge in [-0.2, -0.15) is 0 Å². The van der Waals surface area contributed by atoms with Gasteiger partial charge in [0.15, 0.2) is 0 Å². The number of carbonyl (C=O) groups excluding carboxylic acids is 1. The van der Waals surface area contributed by atoms with Crippen LogP contribution in [0.5, 0.6) is 0 Å². The first kappa shape index (κ1) is 11.1. The van der Waals surface area contributed by atoms with Gasteiger partial charge in [-0.1, -0.05) is 6.92 Å². The molecule has 0 spiro atoms. The fourth-order valence-electron chi connectivity index (χ4n) is 2.13. The highest BCUT2D eigenvalue weighted by Crippen LogP contribution is 2.26. The zero-order chi connectivity index (χ0) is 11.7. The molecule has 1 amide bonds. The second-order valence-electron chi connectivity index (χ2n) is 4.30. The maximum absolute atomic E-state index is 11.9. The van der Waals surface area contributed by atoms with Crippen molar-refractivity contribution in [1.82, 2.24) is 14.5 Å². The van der Waals surface area contributed by atoms with E-state index in [1.165, 1.54) is 0 Å². The van der Waals surface area contributed by atoms with Crippen LogP contribution >= 0.6 is 0 Å². The molecule has 1 saturated heterocycles.